The standard InChI is InChI=1S/C6H4ClF.C6H7NO2S/c7-5-2-1-3-6(8)4-5;1-4-6(5(9)2-8)7-3-10-4/h1-4H;2,6-7H,1,3H2. The fourth-order valence-electron chi connectivity index (χ4n) is 1.20. The number of Topliss-reactive ketones (excluding diaryl/α,β-unsaturated/α-hetero) is 1. The smallest absolute Gasteiger partial charge is 0.217 e. The van der Waals surface area contributed by atoms with Gasteiger partial charge in [-0.05, 0) is 18.2 Å². The molecule has 18 heavy (non-hydrogen) atoms. The Hall–Kier alpha value is -1.17. The topological polar surface area (TPSA) is 46.2 Å². The Balaban J connectivity index is 0.000000184. The van der Waals surface area contributed by atoms with Gasteiger partial charge in [0.15, 0.2) is 6.29 Å². The second kappa shape index (κ2) is 7.31. The van der Waals surface area contributed by atoms with Crippen LogP contribution in [0.2, 0.25) is 5.02 Å². The summed E-state index contributed by atoms with van der Waals surface area (Å²) in [5.41, 5.74) is 0. The summed E-state index contributed by atoms with van der Waals surface area (Å²) in [5, 5.41) is 3.27. The maximum absolute atomic E-state index is 12.1. The van der Waals surface area contributed by atoms with Crippen molar-refractivity contribution in [1.29, 1.82) is 0 Å². The number of carbonyl (C=O) groups excluding carboxylic acids is 2. The summed E-state index contributed by atoms with van der Waals surface area (Å²) in [7, 11) is 0. The van der Waals surface area contributed by atoms with Gasteiger partial charge in [0.2, 0.25) is 5.78 Å². The number of nitrogens with one attached hydrogen (secondary N) is 1. The van der Waals surface area contributed by atoms with Crippen molar-refractivity contribution >= 4 is 35.4 Å². The highest BCUT2D eigenvalue weighted by Gasteiger charge is 2.25. The zero-order valence-corrected chi connectivity index (χ0v) is 10.9. The fraction of sp³-hybridized carbons (Fsp3) is 0.167. The van der Waals surface area contributed by atoms with E-state index in [1.54, 1.807) is 12.1 Å². The van der Waals surface area contributed by atoms with Crippen molar-refractivity contribution in [2.75, 3.05) is 5.88 Å². The molecule has 1 aliphatic heterocycles. The predicted molar refractivity (Wildman–Crippen MR) is 71.0 cm³/mol. The Labute approximate surface area is 113 Å². The van der Waals surface area contributed by atoms with E-state index in [0.29, 0.717) is 17.2 Å². The third-order valence-corrected chi connectivity index (χ3v) is 3.21. The van der Waals surface area contributed by atoms with Crippen LogP contribution in [-0.4, -0.2) is 24.0 Å². The first-order chi connectivity index (χ1) is 8.54. The van der Waals surface area contributed by atoms with Crippen LogP contribution in [0.3, 0.4) is 0 Å². The predicted octanol–water partition coefficient (Wildman–Crippen LogP) is 2.41. The van der Waals surface area contributed by atoms with E-state index in [1.165, 1.54) is 23.9 Å². The molecule has 0 bridgehead atoms. The first-order valence-electron chi connectivity index (χ1n) is 4.99. The van der Waals surface area contributed by atoms with Gasteiger partial charge in [-0.1, -0.05) is 24.2 Å². The van der Waals surface area contributed by atoms with Crippen molar-refractivity contribution in [3.8, 4) is 0 Å². The molecule has 0 spiro atoms. The summed E-state index contributed by atoms with van der Waals surface area (Å²) in [6.45, 7) is 3.63. The van der Waals surface area contributed by atoms with Gasteiger partial charge in [-0.3, -0.25) is 14.9 Å². The van der Waals surface area contributed by atoms with E-state index in [0.717, 1.165) is 4.91 Å². The van der Waals surface area contributed by atoms with Gasteiger partial charge >= 0.3 is 0 Å². The van der Waals surface area contributed by atoms with Crippen LogP contribution >= 0.6 is 23.4 Å². The first-order valence-corrected chi connectivity index (χ1v) is 6.36. The summed E-state index contributed by atoms with van der Waals surface area (Å²) in [4.78, 5) is 21.5. The molecule has 1 aromatic rings. The van der Waals surface area contributed by atoms with Crippen LogP contribution in [-0.2, 0) is 9.59 Å². The summed E-state index contributed by atoms with van der Waals surface area (Å²) in [5.74, 6) is -0.0594. The molecule has 96 valence electrons. The molecule has 3 nitrogen and oxygen atoms in total. The van der Waals surface area contributed by atoms with E-state index < -0.39 is 11.8 Å². The molecule has 1 unspecified atom stereocenters. The molecule has 1 atom stereocenters. The largest absolute Gasteiger partial charge is 0.295 e. The molecule has 1 saturated heterocycles. The minimum Gasteiger partial charge on any atom is -0.295 e. The van der Waals surface area contributed by atoms with Gasteiger partial charge in [0.1, 0.15) is 11.9 Å². The normalized spacial score (nSPS) is 17.9. The van der Waals surface area contributed by atoms with Crippen molar-refractivity contribution in [3.05, 3.63) is 46.6 Å². The van der Waals surface area contributed by atoms with Crippen LogP contribution in [0.25, 0.3) is 0 Å². The highest BCUT2D eigenvalue weighted by atomic mass is 35.5. The Morgan fingerprint density at radius 2 is 2.33 bits per heavy atom. The Bertz CT molecular complexity index is 450. The summed E-state index contributed by atoms with van der Waals surface area (Å²) < 4.78 is 12.1. The number of aldehydes is 1. The van der Waals surface area contributed by atoms with Crippen LogP contribution in [0.1, 0.15) is 0 Å². The van der Waals surface area contributed by atoms with E-state index in [2.05, 4.69) is 11.9 Å². The third kappa shape index (κ3) is 4.60. The van der Waals surface area contributed by atoms with E-state index in [-0.39, 0.29) is 5.82 Å². The van der Waals surface area contributed by atoms with Crippen molar-refractivity contribution in [2.45, 2.75) is 6.04 Å². The van der Waals surface area contributed by atoms with E-state index >= 15 is 0 Å². The molecule has 1 aliphatic rings. The van der Waals surface area contributed by atoms with Gasteiger partial charge in [0, 0.05) is 15.8 Å². The maximum Gasteiger partial charge on any atom is 0.217 e. The number of hydrogen-bond acceptors (Lipinski definition) is 4. The molecule has 1 aromatic carbocycles. The fourth-order valence-corrected chi connectivity index (χ4v) is 2.18. The molecule has 1 N–H and O–H groups in total. The van der Waals surface area contributed by atoms with Crippen molar-refractivity contribution in [3.63, 3.8) is 0 Å². The van der Waals surface area contributed by atoms with Crippen LogP contribution in [0, 0.1) is 5.82 Å². The van der Waals surface area contributed by atoms with Crippen LogP contribution < -0.4 is 5.32 Å². The summed E-state index contributed by atoms with van der Waals surface area (Å²) in [6.07, 6.45) is 0.328. The van der Waals surface area contributed by atoms with E-state index in [1.807, 2.05) is 0 Å². The van der Waals surface area contributed by atoms with Crippen LogP contribution in [0.15, 0.2) is 35.7 Å². The van der Waals surface area contributed by atoms with E-state index in [4.69, 9.17) is 11.6 Å². The number of ketones is 1. The maximum atomic E-state index is 12.1. The molecule has 0 saturated carbocycles. The van der Waals surface area contributed by atoms with Gasteiger partial charge in [0.05, 0.1) is 0 Å². The lowest BCUT2D eigenvalue weighted by Gasteiger charge is -2.02. The summed E-state index contributed by atoms with van der Waals surface area (Å²) in [6, 6.07) is 5.37. The van der Waals surface area contributed by atoms with E-state index in [9.17, 15) is 14.0 Å². The second-order valence-electron chi connectivity index (χ2n) is 3.35. The van der Waals surface area contributed by atoms with Gasteiger partial charge in [-0.2, -0.15) is 0 Å². The number of hydrogen-bond donors (Lipinski definition) is 1. The molecule has 0 aliphatic carbocycles. The Morgan fingerprint density at radius 1 is 1.61 bits per heavy atom. The molecule has 6 heteroatoms. The molecule has 0 amide bonds. The monoisotopic (exact) mass is 287 g/mol. The van der Waals surface area contributed by atoms with Crippen molar-refractivity contribution < 1.29 is 14.0 Å². The number of thioether (sulfide) groups is 1. The lowest BCUT2D eigenvalue weighted by molar-refractivity contribution is -0.130. The molecular weight excluding hydrogens is 277 g/mol. The lowest BCUT2D eigenvalue weighted by Crippen LogP contribution is -2.32. The van der Waals surface area contributed by atoms with Gasteiger partial charge in [0.25, 0.3) is 0 Å². The number of benzene rings is 1. The second-order valence-corrected chi connectivity index (χ2v) is 4.89. The number of rotatable bonds is 2. The SMILES string of the molecule is C=C1SCNC1C(=O)C=O.Fc1cccc(Cl)c1. The quantitative estimate of drug-likeness (QED) is 0.670. The van der Waals surface area contributed by atoms with Crippen LogP contribution in [0.4, 0.5) is 4.39 Å². The average Bonchev–Trinajstić information content (AvgIpc) is 2.75. The lowest BCUT2D eigenvalue weighted by atomic mass is 10.2. The minimum absolute atomic E-state index is 0.294. The zero-order chi connectivity index (χ0) is 13.5. The summed E-state index contributed by atoms with van der Waals surface area (Å²) >= 11 is 6.87. The van der Waals surface area contributed by atoms with Gasteiger partial charge < -0.3 is 0 Å². The van der Waals surface area contributed by atoms with Crippen LogP contribution in [0.5, 0.6) is 0 Å². The first kappa shape index (κ1) is 14.9. The Kier molecular flexibility index (Phi) is 6.04. The zero-order valence-electron chi connectivity index (χ0n) is 9.36. The number of carbonyl (C=O) groups is 2. The van der Waals surface area contributed by atoms with Gasteiger partial charge in [-0.25, -0.2) is 4.39 Å². The molecule has 2 rings (SSSR count). The highest BCUT2D eigenvalue weighted by molar-refractivity contribution is 8.03. The van der Waals surface area contributed by atoms with Crippen molar-refractivity contribution in [1.82, 2.24) is 5.32 Å². The molecule has 0 radical (unpaired) electrons. The number of halogens is 2. The molecule has 0 aromatic heterocycles. The van der Waals surface area contributed by atoms with Gasteiger partial charge in [-0.15, -0.1) is 11.8 Å². The highest BCUT2D eigenvalue weighted by Crippen LogP contribution is 2.22. The van der Waals surface area contributed by atoms with Crippen molar-refractivity contribution in [2.24, 2.45) is 0 Å². The molecular formula is C12H11ClFNO2S. The molecule has 1 fully saturated rings. The minimum atomic E-state index is -0.442. The third-order valence-electron chi connectivity index (χ3n) is 2.05. The average molecular weight is 288 g/mol. The Morgan fingerprint density at radius 3 is 2.72 bits per heavy atom. The molecule has 1 heterocycles.